The molecule has 90 valence electrons. The van der Waals surface area contributed by atoms with E-state index >= 15 is 0 Å². The zero-order valence-corrected chi connectivity index (χ0v) is 11.7. The molecule has 3 nitrogen and oxygen atoms in total. The lowest BCUT2D eigenvalue weighted by Gasteiger charge is -2.08. The van der Waals surface area contributed by atoms with Crippen LogP contribution in [0.1, 0.15) is 5.56 Å². The van der Waals surface area contributed by atoms with E-state index in [9.17, 15) is 0 Å². The van der Waals surface area contributed by atoms with Crippen molar-refractivity contribution in [2.75, 3.05) is 0 Å². The fourth-order valence-corrected chi connectivity index (χ4v) is 2.56. The molecule has 0 N–H and O–H groups in total. The van der Waals surface area contributed by atoms with E-state index in [0.29, 0.717) is 0 Å². The van der Waals surface area contributed by atoms with Crippen LogP contribution in [0.3, 0.4) is 0 Å². The van der Waals surface area contributed by atoms with Gasteiger partial charge in [0.2, 0.25) is 0 Å². The van der Waals surface area contributed by atoms with E-state index in [1.54, 1.807) is 0 Å². The van der Waals surface area contributed by atoms with E-state index in [4.69, 9.17) is 11.6 Å². The Kier molecular flexibility index (Phi) is 3.06. The summed E-state index contributed by atoms with van der Waals surface area (Å²) in [6.07, 6.45) is 0. The number of rotatable bonds is 2. The Labute approximate surface area is 118 Å². The number of aromatic nitrogens is 3. The molecule has 0 saturated carbocycles. The largest absolute Gasteiger partial charge is 0.213 e. The van der Waals surface area contributed by atoms with Gasteiger partial charge >= 0.3 is 0 Å². The standard InChI is InChI=1S/C13H9BrClN3/c14-8-9-7-10(15)5-6-12(9)18-13-4-2-1-3-11(13)16-17-18/h1-7H,8H2. The minimum absolute atomic E-state index is 0.719. The normalized spacial score (nSPS) is 11.0. The molecule has 18 heavy (non-hydrogen) atoms. The molecule has 0 aliphatic carbocycles. The van der Waals surface area contributed by atoms with Crippen molar-refractivity contribution in [1.29, 1.82) is 0 Å². The van der Waals surface area contributed by atoms with Gasteiger partial charge in [0.1, 0.15) is 5.52 Å². The number of hydrogen-bond donors (Lipinski definition) is 0. The van der Waals surface area contributed by atoms with Crippen molar-refractivity contribution in [2.45, 2.75) is 5.33 Å². The molecule has 0 unspecified atom stereocenters. The Balaban J connectivity index is 2.26. The summed E-state index contributed by atoms with van der Waals surface area (Å²) in [5.74, 6) is 0. The van der Waals surface area contributed by atoms with Gasteiger partial charge in [-0.2, -0.15) is 0 Å². The molecule has 3 aromatic rings. The molecular weight excluding hydrogens is 314 g/mol. The molecule has 1 heterocycles. The summed E-state index contributed by atoms with van der Waals surface area (Å²) in [5.41, 5.74) is 3.94. The van der Waals surface area contributed by atoms with E-state index in [1.165, 1.54) is 0 Å². The Morgan fingerprint density at radius 1 is 1.17 bits per heavy atom. The predicted molar refractivity (Wildman–Crippen MR) is 76.5 cm³/mol. The minimum atomic E-state index is 0.719. The third kappa shape index (κ3) is 1.91. The van der Waals surface area contributed by atoms with Crippen LogP contribution in [0.2, 0.25) is 5.02 Å². The number of para-hydroxylation sites is 1. The van der Waals surface area contributed by atoms with Gasteiger partial charge in [0.15, 0.2) is 0 Å². The zero-order chi connectivity index (χ0) is 12.5. The molecule has 0 aliphatic heterocycles. The maximum atomic E-state index is 6.01. The fraction of sp³-hybridized carbons (Fsp3) is 0.0769. The van der Waals surface area contributed by atoms with Crippen LogP contribution in [-0.2, 0) is 5.33 Å². The maximum absolute atomic E-state index is 6.01. The number of halogens is 2. The Morgan fingerprint density at radius 3 is 2.83 bits per heavy atom. The van der Waals surface area contributed by atoms with Gasteiger partial charge in [-0.25, -0.2) is 4.68 Å². The Hall–Kier alpha value is -1.39. The van der Waals surface area contributed by atoms with E-state index in [1.807, 2.05) is 47.1 Å². The molecular formula is C13H9BrClN3. The van der Waals surface area contributed by atoms with E-state index < -0.39 is 0 Å². The van der Waals surface area contributed by atoms with Gasteiger partial charge in [0.25, 0.3) is 0 Å². The molecule has 0 spiro atoms. The van der Waals surface area contributed by atoms with Crippen LogP contribution >= 0.6 is 27.5 Å². The molecule has 2 aromatic carbocycles. The van der Waals surface area contributed by atoms with Crippen LogP contribution < -0.4 is 0 Å². The molecule has 0 amide bonds. The number of fused-ring (bicyclic) bond motifs is 1. The summed E-state index contributed by atoms with van der Waals surface area (Å²) in [6.45, 7) is 0. The maximum Gasteiger partial charge on any atom is 0.113 e. The van der Waals surface area contributed by atoms with Crippen LogP contribution in [0.4, 0.5) is 0 Å². The summed E-state index contributed by atoms with van der Waals surface area (Å²) in [5, 5.41) is 9.80. The average Bonchev–Trinajstić information content (AvgIpc) is 2.82. The lowest BCUT2D eigenvalue weighted by Crippen LogP contribution is -2.00. The first-order valence-corrected chi connectivity index (χ1v) is 6.95. The first-order chi connectivity index (χ1) is 8.79. The smallest absolute Gasteiger partial charge is 0.113 e. The topological polar surface area (TPSA) is 30.7 Å². The summed E-state index contributed by atoms with van der Waals surface area (Å²) in [6, 6.07) is 13.6. The lowest BCUT2D eigenvalue weighted by molar-refractivity contribution is 0.818. The second kappa shape index (κ2) is 4.71. The Morgan fingerprint density at radius 2 is 2.00 bits per heavy atom. The summed E-state index contributed by atoms with van der Waals surface area (Å²) < 4.78 is 1.84. The molecule has 0 radical (unpaired) electrons. The van der Waals surface area contributed by atoms with Crippen molar-refractivity contribution >= 4 is 38.6 Å². The highest BCUT2D eigenvalue weighted by Gasteiger charge is 2.09. The summed E-state index contributed by atoms with van der Waals surface area (Å²) in [7, 11) is 0. The SMILES string of the molecule is Clc1ccc(-n2nnc3ccccc32)c(CBr)c1. The summed E-state index contributed by atoms with van der Waals surface area (Å²) >= 11 is 9.48. The number of nitrogens with zero attached hydrogens (tertiary/aromatic N) is 3. The number of alkyl halides is 1. The van der Waals surface area contributed by atoms with Gasteiger partial charge in [-0.1, -0.05) is 44.9 Å². The quantitative estimate of drug-likeness (QED) is 0.668. The highest BCUT2D eigenvalue weighted by molar-refractivity contribution is 9.08. The number of benzene rings is 2. The number of hydrogen-bond acceptors (Lipinski definition) is 2. The minimum Gasteiger partial charge on any atom is -0.213 e. The van der Waals surface area contributed by atoms with E-state index in [-0.39, 0.29) is 0 Å². The van der Waals surface area contributed by atoms with Gasteiger partial charge < -0.3 is 0 Å². The molecule has 0 atom stereocenters. The first kappa shape index (κ1) is 11.7. The van der Waals surface area contributed by atoms with Crippen LogP contribution in [0.15, 0.2) is 42.5 Å². The van der Waals surface area contributed by atoms with Gasteiger partial charge in [-0.15, -0.1) is 5.10 Å². The van der Waals surface area contributed by atoms with Crippen molar-refractivity contribution in [1.82, 2.24) is 15.0 Å². The second-order valence-electron chi connectivity index (χ2n) is 3.90. The monoisotopic (exact) mass is 321 g/mol. The Bertz CT molecular complexity index is 708. The highest BCUT2D eigenvalue weighted by atomic mass is 79.9. The van der Waals surface area contributed by atoms with Crippen molar-refractivity contribution in [2.24, 2.45) is 0 Å². The molecule has 3 rings (SSSR count). The summed E-state index contributed by atoms with van der Waals surface area (Å²) in [4.78, 5) is 0. The van der Waals surface area contributed by atoms with Crippen molar-refractivity contribution < 1.29 is 0 Å². The third-order valence-electron chi connectivity index (χ3n) is 2.77. The molecule has 5 heteroatoms. The fourth-order valence-electron chi connectivity index (χ4n) is 1.91. The average molecular weight is 323 g/mol. The lowest BCUT2D eigenvalue weighted by atomic mass is 10.2. The van der Waals surface area contributed by atoms with Gasteiger partial charge in [-0.05, 0) is 35.9 Å². The van der Waals surface area contributed by atoms with Crippen molar-refractivity contribution in [3.8, 4) is 5.69 Å². The predicted octanol–water partition coefficient (Wildman–Crippen LogP) is 3.97. The highest BCUT2D eigenvalue weighted by Crippen LogP contribution is 2.24. The van der Waals surface area contributed by atoms with Gasteiger partial charge in [0.05, 0.1) is 11.2 Å². The van der Waals surface area contributed by atoms with Gasteiger partial charge in [0, 0.05) is 10.4 Å². The van der Waals surface area contributed by atoms with Crippen LogP contribution in [0, 0.1) is 0 Å². The molecule has 0 aliphatic rings. The zero-order valence-electron chi connectivity index (χ0n) is 9.35. The van der Waals surface area contributed by atoms with Crippen molar-refractivity contribution in [3.63, 3.8) is 0 Å². The molecule has 0 bridgehead atoms. The molecule has 0 fully saturated rings. The van der Waals surface area contributed by atoms with Crippen molar-refractivity contribution in [3.05, 3.63) is 53.1 Å². The van der Waals surface area contributed by atoms with Crippen LogP contribution in [-0.4, -0.2) is 15.0 Å². The molecule has 0 saturated heterocycles. The van der Waals surface area contributed by atoms with E-state index in [0.717, 1.165) is 32.6 Å². The third-order valence-corrected chi connectivity index (χ3v) is 3.60. The van der Waals surface area contributed by atoms with Crippen LogP contribution in [0.25, 0.3) is 16.7 Å². The molecule has 1 aromatic heterocycles. The van der Waals surface area contributed by atoms with Crippen LogP contribution in [0.5, 0.6) is 0 Å². The first-order valence-electron chi connectivity index (χ1n) is 5.45. The van der Waals surface area contributed by atoms with Gasteiger partial charge in [-0.3, -0.25) is 0 Å². The second-order valence-corrected chi connectivity index (χ2v) is 4.89. The van der Waals surface area contributed by atoms with E-state index in [2.05, 4.69) is 26.2 Å².